The number of rotatable bonds is 5. The molecule has 1 rings (SSSR count). The molecule has 1 N–H and O–H groups in total. The minimum absolute atomic E-state index is 0.0750. The molecular formula is C9H8F2O4. The Hall–Kier alpha value is -1.85. The number of hydrogen-bond acceptors (Lipinski definition) is 3. The highest BCUT2D eigenvalue weighted by atomic mass is 19.1. The van der Waals surface area contributed by atoms with Crippen LogP contribution in [0.2, 0.25) is 0 Å². The molecule has 0 bridgehead atoms. The topological polar surface area (TPSA) is 55.8 Å². The molecule has 0 fully saturated rings. The summed E-state index contributed by atoms with van der Waals surface area (Å²) in [6.45, 7) is -2.22. The highest BCUT2D eigenvalue weighted by Gasteiger charge is 2.12. The van der Waals surface area contributed by atoms with Gasteiger partial charge in [-0.05, 0) is 12.1 Å². The average molecular weight is 218 g/mol. The number of halogens is 2. The Kier molecular flexibility index (Phi) is 3.84. The van der Waals surface area contributed by atoms with E-state index >= 15 is 0 Å². The SMILES string of the molecule is O=C(O)c1ccc(OCF)cc1OCF. The molecule has 0 aromatic heterocycles. The molecule has 0 aliphatic heterocycles. The Morgan fingerprint density at radius 2 is 1.93 bits per heavy atom. The zero-order chi connectivity index (χ0) is 11.3. The standard InChI is InChI=1S/C9H8F2O4/c10-4-14-6-1-2-7(9(12)13)8(3-6)15-5-11/h1-3H,4-5H2,(H,12,13). The Morgan fingerprint density at radius 3 is 2.47 bits per heavy atom. The first-order chi connectivity index (χ1) is 7.19. The second kappa shape index (κ2) is 5.14. The first-order valence-electron chi connectivity index (χ1n) is 3.94. The van der Waals surface area contributed by atoms with Crippen LogP contribution in [0.25, 0.3) is 0 Å². The Bertz CT molecular complexity index is 354. The molecule has 82 valence electrons. The molecule has 0 atom stereocenters. The largest absolute Gasteiger partial charge is 0.478 e. The molecule has 1 aromatic carbocycles. The number of ether oxygens (including phenoxy) is 2. The van der Waals surface area contributed by atoms with Gasteiger partial charge in [0.1, 0.15) is 17.1 Å². The van der Waals surface area contributed by atoms with E-state index in [1.165, 1.54) is 6.07 Å². The molecule has 0 aliphatic carbocycles. The number of carboxylic acids is 1. The van der Waals surface area contributed by atoms with Gasteiger partial charge in [0.05, 0.1) is 0 Å². The zero-order valence-corrected chi connectivity index (χ0v) is 7.57. The van der Waals surface area contributed by atoms with E-state index < -0.39 is 19.7 Å². The summed E-state index contributed by atoms with van der Waals surface area (Å²) in [5.41, 5.74) is -0.209. The maximum absolute atomic E-state index is 11.9. The highest BCUT2D eigenvalue weighted by molar-refractivity contribution is 5.91. The van der Waals surface area contributed by atoms with Gasteiger partial charge < -0.3 is 14.6 Å². The van der Waals surface area contributed by atoms with Gasteiger partial charge in [0.15, 0.2) is 0 Å². The number of aromatic carboxylic acids is 1. The maximum Gasteiger partial charge on any atom is 0.339 e. The number of benzene rings is 1. The quantitative estimate of drug-likeness (QED) is 0.821. The summed E-state index contributed by atoms with van der Waals surface area (Å²) in [7, 11) is 0. The van der Waals surface area contributed by atoms with E-state index in [9.17, 15) is 13.6 Å². The first-order valence-corrected chi connectivity index (χ1v) is 3.94. The molecule has 0 heterocycles. The monoisotopic (exact) mass is 218 g/mol. The summed E-state index contributed by atoms with van der Waals surface area (Å²) < 4.78 is 32.6. The second-order valence-corrected chi connectivity index (χ2v) is 2.47. The minimum atomic E-state index is -1.26. The van der Waals surface area contributed by atoms with Crippen LogP contribution in [0.1, 0.15) is 10.4 Å². The van der Waals surface area contributed by atoms with Crippen LogP contribution < -0.4 is 9.47 Å². The van der Waals surface area contributed by atoms with Crippen molar-refractivity contribution in [3.63, 3.8) is 0 Å². The summed E-state index contributed by atoms with van der Waals surface area (Å²) in [6.07, 6.45) is 0. The Morgan fingerprint density at radius 1 is 1.27 bits per heavy atom. The number of carbonyl (C=O) groups is 1. The van der Waals surface area contributed by atoms with E-state index in [0.717, 1.165) is 12.1 Å². The van der Waals surface area contributed by atoms with Crippen molar-refractivity contribution in [2.24, 2.45) is 0 Å². The molecule has 6 heteroatoms. The highest BCUT2D eigenvalue weighted by Crippen LogP contribution is 2.25. The van der Waals surface area contributed by atoms with Gasteiger partial charge in [-0.3, -0.25) is 0 Å². The molecule has 15 heavy (non-hydrogen) atoms. The lowest BCUT2D eigenvalue weighted by Crippen LogP contribution is -2.03. The molecule has 0 saturated heterocycles. The van der Waals surface area contributed by atoms with E-state index in [1.54, 1.807) is 0 Å². The van der Waals surface area contributed by atoms with Crippen molar-refractivity contribution in [3.8, 4) is 11.5 Å². The predicted octanol–water partition coefficient (Wildman–Crippen LogP) is 2.00. The third-order valence-electron chi connectivity index (χ3n) is 1.61. The lowest BCUT2D eigenvalue weighted by atomic mass is 10.2. The van der Waals surface area contributed by atoms with Crippen molar-refractivity contribution in [1.29, 1.82) is 0 Å². The van der Waals surface area contributed by atoms with Crippen molar-refractivity contribution < 1.29 is 28.2 Å². The van der Waals surface area contributed by atoms with Crippen LogP contribution in [0.3, 0.4) is 0 Å². The molecule has 1 aromatic rings. The van der Waals surface area contributed by atoms with Gasteiger partial charge in [-0.25, -0.2) is 13.6 Å². The predicted molar refractivity (Wildman–Crippen MR) is 46.6 cm³/mol. The molecule has 0 saturated carbocycles. The smallest absolute Gasteiger partial charge is 0.339 e. The molecule has 0 amide bonds. The van der Waals surface area contributed by atoms with Crippen LogP contribution >= 0.6 is 0 Å². The van der Waals surface area contributed by atoms with Gasteiger partial charge in [-0.1, -0.05) is 0 Å². The average Bonchev–Trinajstić information content (AvgIpc) is 2.18. The third kappa shape index (κ3) is 2.80. The molecule has 0 aliphatic rings. The van der Waals surface area contributed by atoms with Crippen molar-refractivity contribution in [2.45, 2.75) is 0 Å². The molecule has 0 spiro atoms. The summed E-state index contributed by atoms with van der Waals surface area (Å²) >= 11 is 0. The minimum Gasteiger partial charge on any atom is -0.478 e. The van der Waals surface area contributed by atoms with Gasteiger partial charge in [-0.15, -0.1) is 0 Å². The fourth-order valence-corrected chi connectivity index (χ4v) is 1.01. The second-order valence-electron chi connectivity index (χ2n) is 2.47. The number of alkyl halides is 2. The lowest BCUT2D eigenvalue weighted by molar-refractivity contribution is 0.0689. The van der Waals surface area contributed by atoms with Gasteiger partial charge in [-0.2, -0.15) is 0 Å². The summed E-state index contributed by atoms with van der Waals surface area (Å²) in [6, 6.07) is 3.52. The Balaban J connectivity index is 3.03. The molecular weight excluding hydrogens is 210 g/mol. The van der Waals surface area contributed by atoms with Crippen LogP contribution in [0.4, 0.5) is 8.78 Å². The van der Waals surface area contributed by atoms with Gasteiger partial charge in [0.25, 0.3) is 0 Å². The molecule has 0 unspecified atom stereocenters. The van der Waals surface area contributed by atoms with Crippen molar-refractivity contribution in [1.82, 2.24) is 0 Å². The normalized spacial score (nSPS) is 9.73. The van der Waals surface area contributed by atoms with Crippen LogP contribution in [-0.2, 0) is 0 Å². The Labute approximate surface area is 84.0 Å². The van der Waals surface area contributed by atoms with E-state index in [2.05, 4.69) is 9.47 Å². The maximum atomic E-state index is 11.9. The van der Waals surface area contributed by atoms with E-state index in [1.807, 2.05) is 0 Å². The van der Waals surface area contributed by atoms with Crippen molar-refractivity contribution >= 4 is 5.97 Å². The van der Waals surface area contributed by atoms with E-state index in [-0.39, 0.29) is 17.1 Å². The van der Waals surface area contributed by atoms with Gasteiger partial charge in [0.2, 0.25) is 13.7 Å². The van der Waals surface area contributed by atoms with E-state index in [4.69, 9.17) is 5.11 Å². The zero-order valence-electron chi connectivity index (χ0n) is 7.57. The van der Waals surface area contributed by atoms with Crippen LogP contribution in [0, 0.1) is 0 Å². The fraction of sp³-hybridized carbons (Fsp3) is 0.222. The lowest BCUT2D eigenvalue weighted by Gasteiger charge is -2.07. The molecule has 0 radical (unpaired) electrons. The third-order valence-corrected chi connectivity index (χ3v) is 1.61. The van der Waals surface area contributed by atoms with Crippen LogP contribution in [0.5, 0.6) is 11.5 Å². The van der Waals surface area contributed by atoms with Gasteiger partial charge in [0, 0.05) is 6.07 Å². The number of hydrogen-bond donors (Lipinski definition) is 1. The van der Waals surface area contributed by atoms with Crippen molar-refractivity contribution in [3.05, 3.63) is 23.8 Å². The fourth-order valence-electron chi connectivity index (χ4n) is 1.01. The van der Waals surface area contributed by atoms with E-state index in [0.29, 0.717) is 0 Å². The first kappa shape index (κ1) is 11.2. The van der Waals surface area contributed by atoms with Gasteiger partial charge >= 0.3 is 5.97 Å². The van der Waals surface area contributed by atoms with Crippen molar-refractivity contribution in [2.75, 3.05) is 13.7 Å². The molecule has 4 nitrogen and oxygen atoms in total. The summed E-state index contributed by atoms with van der Waals surface area (Å²) in [5.74, 6) is -1.38. The number of carboxylic acid groups (broad SMARTS) is 1. The van der Waals surface area contributed by atoms with Crippen LogP contribution in [-0.4, -0.2) is 24.8 Å². The summed E-state index contributed by atoms with van der Waals surface area (Å²) in [5, 5.41) is 8.70. The summed E-state index contributed by atoms with van der Waals surface area (Å²) in [4.78, 5) is 10.6. The van der Waals surface area contributed by atoms with Crippen LogP contribution in [0.15, 0.2) is 18.2 Å².